The minimum Gasteiger partial charge on any atom is -0.378 e. The van der Waals surface area contributed by atoms with E-state index in [1.165, 1.54) is 0 Å². The lowest BCUT2D eigenvalue weighted by atomic mass is 10.2. The smallest absolute Gasteiger partial charge is 0.246 e. The summed E-state index contributed by atoms with van der Waals surface area (Å²) >= 11 is 1.65. The Labute approximate surface area is 118 Å². The lowest BCUT2D eigenvalue weighted by molar-refractivity contribution is 0.0659. The van der Waals surface area contributed by atoms with Gasteiger partial charge in [-0.2, -0.15) is 4.98 Å². The van der Waals surface area contributed by atoms with E-state index in [-0.39, 0.29) is 6.04 Å². The molecule has 1 fully saturated rings. The SMILES string of the molecule is c1cc2ncc(-c3noc(C4COCCN4)n3)cc2s1. The van der Waals surface area contributed by atoms with E-state index in [0.29, 0.717) is 18.3 Å². The quantitative estimate of drug-likeness (QED) is 0.777. The van der Waals surface area contributed by atoms with Crippen LogP contribution in [0.5, 0.6) is 0 Å². The molecule has 0 aliphatic carbocycles. The Morgan fingerprint density at radius 3 is 3.30 bits per heavy atom. The molecule has 1 aliphatic heterocycles. The molecule has 0 saturated carbocycles. The summed E-state index contributed by atoms with van der Waals surface area (Å²) in [5, 5.41) is 9.35. The molecule has 20 heavy (non-hydrogen) atoms. The summed E-state index contributed by atoms with van der Waals surface area (Å²) in [6, 6.07) is 4.00. The number of fused-ring (bicyclic) bond motifs is 1. The molecule has 0 aromatic carbocycles. The predicted octanol–water partition coefficient (Wildman–Crippen LogP) is 2.01. The summed E-state index contributed by atoms with van der Waals surface area (Å²) < 4.78 is 11.8. The van der Waals surface area contributed by atoms with Gasteiger partial charge in [-0.25, -0.2) is 0 Å². The van der Waals surface area contributed by atoms with Crippen LogP contribution in [-0.2, 0) is 4.74 Å². The summed E-state index contributed by atoms with van der Waals surface area (Å²) in [7, 11) is 0. The number of hydrogen-bond acceptors (Lipinski definition) is 7. The highest BCUT2D eigenvalue weighted by atomic mass is 32.1. The number of hydrogen-bond donors (Lipinski definition) is 1. The van der Waals surface area contributed by atoms with Gasteiger partial charge in [-0.1, -0.05) is 5.16 Å². The number of rotatable bonds is 2. The zero-order valence-electron chi connectivity index (χ0n) is 10.6. The van der Waals surface area contributed by atoms with Crippen LogP contribution in [0.25, 0.3) is 21.6 Å². The molecule has 0 spiro atoms. The molecule has 4 heterocycles. The number of pyridine rings is 1. The van der Waals surface area contributed by atoms with Crippen LogP contribution in [0.4, 0.5) is 0 Å². The largest absolute Gasteiger partial charge is 0.378 e. The van der Waals surface area contributed by atoms with Crippen molar-refractivity contribution in [2.24, 2.45) is 0 Å². The van der Waals surface area contributed by atoms with Gasteiger partial charge in [0.05, 0.1) is 23.4 Å². The van der Waals surface area contributed by atoms with Crippen molar-refractivity contribution in [2.75, 3.05) is 19.8 Å². The molecular weight excluding hydrogens is 276 g/mol. The van der Waals surface area contributed by atoms with Gasteiger partial charge in [0.1, 0.15) is 6.04 Å². The molecule has 7 heteroatoms. The van der Waals surface area contributed by atoms with Crippen molar-refractivity contribution in [1.82, 2.24) is 20.4 Å². The lowest BCUT2D eigenvalue weighted by Gasteiger charge is -2.20. The fourth-order valence-corrected chi connectivity index (χ4v) is 2.97. The Kier molecular flexibility index (Phi) is 2.95. The third-order valence-electron chi connectivity index (χ3n) is 3.22. The maximum absolute atomic E-state index is 5.40. The van der Waals surface area contributed by atoms with Crippen molar-refractivity contribution in [3.63, 3.8) is 0 Å². The summed E-state index contributed by atoms with van der Waals surface area (Å²) in [4.78, 5) is 8.83. The van der Waals surface area contributed by atoms with E-state index in [2.05, 4.69) is 20.4 Å². The highest BCUT2D eigenvalue weighted by Crippen LogP contribution is 2.25. The molecule has 1 N–H and O–H groups in total. The van der Waals surface area contributed by atoms with Crippen LogP contribution in [0.3, 0.4) is 0 Å². The van der Waals surface area contributed by atoms with Crippen molar-refractivity contribution in [3.05, 3.63) is 29.6 Å². The minimum atomic E-state index is -0.0246. The van der Waals surface area contributed by atoms with Crippen LogP contribution in [0.15, 0.2) is 28.2 Å². The maximum atomic E-state index is 5.40. The van der Waals surface area contributed by atoms with Crippen LogP contribution in [0.1, 0.15) is 11.9 Å². The summed E-state index contributed by atoms with van der Waals surface area (Å²) in [6.45, 7) is 2.07. The third kappa shape index (κ3) is 2.09. The number of nitrogens with zero attached hydrogens (tertiary/aromatic N) is 3. The standard InChI is InChI=1S/C13H12N4O2S/c1-4-20-11-5-8(6-15-9(1)11)12-16-13(19-17-12)10-7-18-3-2-14-10/h1,4-6,10,14H,2-3,7H2. The Bertz CT molecular complexity index is 733. The van der Waals surface area contributed by atoms with E-state index in [4.69, 9.17) is 9.26 Å². The van der Waals surface area contributed by atoms with Gasteiger partial charge < -0.3 is 14.6 Å². The van der Waals surface area contributed by atoms with E-state index in [1.54, 1.807) is 17.5 Å². The second kappa shape index (κ2) is 4.93. The van der Waals surface area contributed by atoms with Crippen LogP contribution in [-0.4, -0.2) is 34.9 Å². The van der Waals surface area contributed by atoms with E-state index in [0.717, 1.165) is 28.9 Å². The van der Waals surface area contributed by atoms with Crippen molar-refractivity contribution in [2.45, 2.75) is 6.04 Å². The third-order valence-corrected chi connectivity index (χ3v) is 4.08. The molecule has 0 amide bonds. The Hall–Kier alpha value is -1.83. The van der Waals surface area contributed by atoms with Gasteiger partial charge in [-0.15, -0.1) is 11.3 Å². The van der Waals surface area contributed by atoms with Crippen molar-refractivity contribution < 1.29 is 9.26 Å². The average molecular weight is 288 g/mol. The van der Waals surface area contributed by atoms with Gasteiger partial charge in [0, 0.05) is 18.3 Å². The maximum Gasteiger partial charge on any atom is 0.246 e. The minimum absolute atomic E-state index is 0.0246. The number of nitrogens with one attached hydrogen (secondary N) is 1. The van der Waals surface area contributed by atoms with Gasteiger partial charge in [-0.3, -0.25) is 4.98 Å². The average Bonchev–Trinajstić information content (AvgIpc) is 3.16. The first-order valence-electron chi connectivity index (χ1n) is 6.38. The number of morpholine rings is 1. The fourth-order valence-electron chi connectivity index (χ4n) is 2.19. The lowest BCUT2D eigenvalue weighted by Crippen LogP contribution is -2.34. The van der Waals surface area contributed by atoms with Crippen LogP contribution in [0.2, 0.25) is 0 Å². The zero-order chi connectivity index (χ0) is 13.4. The second-order valence-corrected chi connectivity index (χ2v) is 5.51. The Balaban J connectivity index is 1.66. The highest BCUT2D eigenvalue weighted by molar-refractivity contribution is 7.17. The number of aromatic nitrogens is 3. The second-order valence-electron chi connectivity index (χ2n) is 4.57. The van der Waals surface area contributed by atoms with Gasteiger partial charge in [0.25, 0.3) is 0 Å². The molecule has 6 nitrogen and oxygen atoms in total. The highest BCUT2D eigenvalue weighted by Gasteiger charge is 2.22. The Morgan fingerprint density at radius 1 is 1.40 bits per heavy atom. The molecule has 1 atom stereocenters. The molecule has 3 aromatic rings. The molecule has 1 aliphatic rings. The van der Waals surface area contributed by atoms with Crippen molar-refractivity contribution in [3.8, 4) is 11.4 Å². The van der Waals surface area contributed by atoms with Gasteiger partial charge in [0.2, 0.25) is 11.7 Å². The summed E-state index contributed by atoms with van der Waals surface area (Å²) in [5.41, 5.74) is 1.86. The van der Waals surface area contributed by atoms with Crippen LogP contribution < -0.4 is 5.32 Å². The zero-order valence-corrected chi connectivity index (χ0v) is 11.4. The molecule has 0 bridgehead atoms. The first-order valence-corrected chi connectivity index (χ1v) is 7.26. The summed E-state index contributed by atoms with van der Waals surface area (Å²) in [5.74, 6) is 1.13. The molecule has 0 radical (unpaired) electrons. The Morgan fingerprint density at radius 2 is 2.40 bits per heavy atom. The molecule has 3 aromatic heterocycles. The summed E-state index contributed by atoms with van der Waals surface area (Å²) in [6.07, 6.45) is 1.77. The first-order chi connectivity index (χ1) is 9.90. The topological polar surface area (TPSA) is 73.1 Å². The van der Waals surface area contributed by atoms with E-state index < -0.39 is 0 Å². The monoisotopic (exact) mass is 288 g/mol. The van der Waals surface area contributed by atoms with E-state index in [1.807, 2.05) is 17.5 Å². The molecule has 102 valence electrons. The van der Waals surface area contributed by atoms with Crippen LogP contribution in [0, 0.1) is 0 Å². The predicted molar refractivity (Wildman–Crippen MR) is 74.5 cm³/mol. The van der Waals surface area contributed by atoms with Gasteiger partial charge in [-0.05, 0) is 17.5 Å². The molecule has 4 rings (SSSR count). The van der Waals surface area contributed by atoms with E-state index >= 15 is 0 Å². The molecular formula is C13H12N4O2S. The van der Waals surface area contributed by atoms with Gasteiger partial charge in [0.15, 0.2) is 0 Å². The van der Waals surface area contributed by atoms with Crippen LogP contribution >= 0.6 is 11.3 Å². The number of thiophene rings is 1. The van der Waals surface area contributed by atoms with Gasteiger partial charge >= 0.3 is 0 Å². The van der Waals surface area contributed by atoms with Crippen molar-refractivity contribution in [1.29, 1.82) is 0 Å². The molecule has 1 saturated heterocycles. The van der Waals surface area contributed by atoms with Crippen molar-refractivity contribution >= 4 is 21.6 Å². The normalized spacial score (nSPS) is 19.5. The number of ether oxygens (including phenoxy) is 1. The van der Waals surface area contributed by atoms with E-state index in [9.17, 15) is 0 Å². The first kappa shape index (κ1) is 12.0. The molecule has 1 unspecified atom stereocenters. The fraction of sp³-hybridized carbons (Fsp3) is 0.308.